The van der Waals surface area contributed by atoms with E-state index in [1.807, 2.05) is 21.1 Å². The number of hydrogen-bond acceptors (Lipinski definition) is 7. The Morgan fingerprint density at radius 2 is 0.934 bits per heavy atom. The Balaban J connectivity index is 4.40. The Kier molecular flexibility index (Phi) is 41.1. The van der Waals surface area contributed by atoms with E-state index >= 15 is 0 Å². The van der Waals surface area contributed by atoms with Gasteiger partial charge in [0.15, 0.2) is 6.10 Å². The van der Waals surface area contributed by atoms with Gasteiger partial charge < -0.3 is 28.5 Å². The zero-order valence-electron chi connectivity index (χ0n) is 39.5. The summed E-state index contributed by atoms with van der Waals surface area (Å²) in [5.74, 6) is -2.04. The molecule has 0 saturated carbocycles. The zero-order chi connectivity index (χ0) is 44.9. The molecular formula is C52H90NO8+. The summed E-state index contributed by atoms with van der Waals surface area (Å²) in [7, 11) is 5.94. The maximum atomic E-state index is 12.8. The van der Waals surface area contributed by atoms with Crippen molar-refractivity contribution in [3.63, 3.8) is 0 Å². The third-order valence-corrected chi connectivity index (χ3v) is 9.95. The normalized spacial score (nSPS) is 13.5. The van der Waals surface area contributed by atoms with Gasteiger partial charge in [0.25, 0.3) is 6.29 Å². The Bertz CT molecular complexity index is 1230. The molecule has 0 aliphatic rings. The van der Waals surface area contributed by atoms with Gasteiger partial charge >= 0.3 is 17.9 Å². The number of carbonyl (C=O) groups excluding carboxylic acids is 2. The van der Waals surface area contributed by atoms with Crippen LogP contribution in [0.5, 0.6) is 0 Å². The molecule has 0 aliphatic heterocycles. The molecule has 0 aromatic rings. The van der Waals surface area contributed by atoms with Crippen LogP contribution in [0.25, 0.3) is 0 Å². The third kappa shape index (κ3) is 44.6. The standard InChI is InChI=1S/C52H89NO8/c1-6-8-10-12-14-16-18-20-21-22-23-24-25-26-27-28-29-31-33-35-37-39-41-43-50(55)61-48(47-60-52(51(56)57)58-45-44-53(3,4)5)46-59-49(54)42-40-38-36-34-32-30-19-17-15-13-11-9-7-2/h8,10,14,16-17,19-21,23-24,26-27,48,52H,6-7,9,11-13,15,18,22,25,28-47H2,1-5H3/p+1/b10-8-,16-14-,19-17-,21-20-,24-23-,27-26-. The molecule has 2 atom stereocenters. The summed E-state index contributed by atoms with van der Waals surface area (Å²) >= 11 is 0. The van der Waals surface area contributed by atoms with Gasteiger partial charge in [0.05, 0.1) is 34.4 Å². The smallest absolute Gasteiger partial charge is 0.361 e. The van der Waals surface area contributed by atoms with Crippen LogP contribution >= 0.6 is 0 Å². The third-order valence-electron chi connectivity index (χ3n) is 9.95. The number of allylic oxidation sites excluding steroid dienone is 12. The maximum absolute atomic E-state index is 12.8. The summed E-state index contributed by atoms with van der Waals surface area (Å²) in [5.41, 5.74) is 0. The van der Waals surface area contributed by atoms with E-state index in [9.17, 15) is 19.5 Å². The van der Waals surface area contributed by atoms with Crippen molar-refractivity contribution in [2.75, 3.05) is 47.5 Å². The molecule has 0 radical (unpaired) electrons. The van der Waals surface area contributed by atoms with Crippen LogP contribution in [0.15, 0.2) is 72.9 Å². The van der Waals surface area contributed by atoms with E-state index in [-0.39, 0.29) is 38.6 Å². The van der Waals surface area contributed by atoms with Crippen molar-refractivity contribution in [2.24, 2.45) is 0 Å². The molecule has 2 unspecified atom stereocenters. The van der Waals surface area contributed by atoms with Crippen LogP contribution in [0.3, 0.4) is 0 Å². The summed E-state index contributed by atoms with van der Waals surface area (Å²) in [5, 5.41) is 9.65. The Hall–Kier alpha value is -3.27. The minimum absolute atomic E-state index is 0.181. The van der Waals surface area contributed by atoms with Gasteiger partial charge in [-0.15, -0.1) is 0 Å². The first-order valence-electron chi connectivity index (χ1n) is 24.1. The summed E-state index contributed by atoms with van der Waals surface area (Å²) < 4.78 is 22.7. The first-order chi connectivity index (χ1) is 29.6. The molecule has 0 aromatic carbocycles. The predicted octanol–water partition coefficient (Wildman–Crippen LogP) is 13.1. The number of esters is 2. The summed E-state index contributed by atoms with van der Waals surface area (Å²) in [4.78, 5) is 37.2. The first-order valence-corrected chi connectivity index (χ1v) is 24.1. The summed E-state index contributed by atoms with van der Waals surface area (Å²) in [6.45, 7) is 4.70. The minimum atomic E-state index is -1.52. The molecule has 0 fully saturated rings. The van der Waals surface area contributed by atoms with Crippen LogP contribution in [-0.2, 0) is 33.3 Å². The number of aliphatic carboxylic acids is 1. The van der Waals surface area contributed by atoms with Crippen LogP contribution in [0.4, 0.5) is 0 Å². The van der Waals surface area contributed by atoms with Crippen molar-refractivity contribution < 1.29 is 42.9 Å². The average Bonchev–Trinajstić information content (AvgIpc) is 3.22. The van der Waals surface area contributed by atoms with Crippen molar-refractivity contribution in [3.8, 4) is 0 Å². The van der Waals surface area contributed by atoms with Gasteiger partial charge in [0.2, 0.25) is 0 Å². The van der Waals surface area contributed by atoms with Gasteiger partial charge in [-0.3, -0.25) is 9.59 Å². The molecule has 1 N–H and O–H groups in total. The number of hydrogen-bond donors (Lipinski definition) is 1. The lowest BCUT2D eigenvalue weighted by molar-refractivity contribution is -0.870. The van der Waals surface area contributed by atoms with Gasteiger partial charge in [0.1, 0.15) is 13.2 Å². The zero-order valence-corrected chi connectivity index (χ0v) is 39.5. The monoisotopic (exact) mass is 857 g/mol. The van der Waals surface area contributed by atoms with Crippen LogP contribution in [-0.4, -0.2) is 87.4 Å². The summed E-state index contributed by atoms with van der Waals surface area (Å²) in [6, 6.07) is 0. The van der Waals surface area contributed by atoms with Crippen LogP contribution in [0, 0.1) is 0 Å². The van der Waals surface area contributed by atoms with Crippen LogP contribution < -0.4 is 0 Å². The Labute approximate surface area is 373 Å². The number of ether oxygens (including phenoxy) is 4. The quantitative estimate of drug-likeness (QED) is 0.0212. The topological polar surface area (TPSA) is 108 Å². The molecule has 0 spiro atoms. The lowest BCUT2D eigenvalue weighted by Gasteiger charge is -2.25. The largest absolute Gasteiger partial charge is 0.477 e. The molecule has 61 heavy (non-hydrogen) atoms. The number of carboxylic acids is 1. The molecule has 9 nitrogen and oxygen atoms in total. The van der Waals surface area contributed by atoms with Crippen molar-refractivity contribution in [2.45, 2.75) is 193 Å². The fourth-order valence-electron chi connectivity index (χ4n) is 6.21. The number of likely N-dealkylation sites (N-methyl/N-ethyl adjacent to an activating group) is 1. The van der Waals surface area contributed by atoms with E-state index in [0.717, 1.165) is 96.3 Å². The van der Waals surface area contributed by atoms with Crippen LogP contribution in [0.2, 0.25) is 0 Å². The second-order valence-corrected chi connectivity index (χ2v) is 17.0. The molecule has 0 bridgehead atoms. The highest BCUT2D eigenvalue weighted by Crippen LogP contribution is 2.13. The highest BCUT2D eigenvalue weighted by molar-refractivity contribution is 5.71. The SMILES string of the molecule is CC/C=C\C/C=C\C/C=C\C/C=C\C/C=C\CCCCCCCCCC(=O)OC(COC(=O)CCCCCCC/C=C\CCCCCC)COC(OCC[N+](C)(C)C)C(=O)O. The van der Waals surface area contributed by atoms with Crippen molar-refractivity contribution >= 4 is 17.9 Å². The van der Waals surface area contributed by atoms with E-state index in [1.54, 1.807) is 0 Å². The van der Waals surface area contributed by atoms with Gasteiger partial charge in [-0.25, -0.2) is 4.79 Å². The highest BCUT2D eigenvalue weighted by atomic mass is 16.7. The molecule has 0 aromatic heterocycles. The molecule has 0 amide bonds. The second-order valence-electron chi connectivity index (χ2n) is 17.0. The average molecular weight is 857 g/mol. The number of quaternary nitrogens is 1. The van der Waals surface area contributed by atoms with Crippen molar-refractivity contribution in [1.29, 1.82) is 0 Å². The predicted molar refractivity (Wildman–Crippen MR) is 253 cm³/mol. The van der Waals surface area contributed by atoms with Gasteiger partial charge in [-0.05, 0) is 83.5 Å². The van der Waals surface area contributed by atoms with Gasteiger partial charge in [-0.1, -0.05) is 157 Å². The van der Waals surface area contributed by atoms with Gasteiger partial charge in [0, 0.05) is 12.8 Å². The Morgan fingerprint density at radius 1 is 0.508 bits per heavy atom. The molecular weight excluding hydrogens is 767 g/mol. The lowest BCUT2D eigenvalue weighted by atomic mass is 10.1. The fraction of sp³-hybridized carbons (Fsp3) is 0.712. The van der Waals surface area contributed by atoms with E-state index in [0.29, 0.717) is 17.4 Å². The molecule has 9 heteroatoms. The molecule has 0 heterocycles. The molecule has 0 rings (SSSR count). The van der Waals surface area contributed by atoms with Crippen molar-refractivity contribution in [3.05, 3.63) is 72.9 Å². The highest BCUT2D eigenvalue weighted by Gasteiger charge is 2.25. The number of nitrogens with zero attached hydrogens (tertiary/aromatic N) is 1. The number of carbonyl (C=O) groups is 3. The molecule has 0 aliphatic carbocycles. The van der Waals surface area contributed by atoms with Crippen molar-refractivity contribution in [1.82, 2.24) is 0 Å². The molecule has 0 saturated heterocycles. The van der Waals surface area contributed by atoms with Crippen LogP contribution in [0.1, 0.15) is 181 Å². The maximum Gasteiger partial charge on any atom is 0.361 e. The van der Waals surface area contributed by atoms with Gasteiger partial charge in [-0.2, -0.15) is 0 Å². The summed E-state index contributed by atoms with van der Waals surface area (Å²) in [6.07, 6.45) is 51.0. The Morgan fingerprint density at radius 3 is 1.41 bits per heavy atom. The lowest BCUT2D eigenvalue weighted by Crippen LogP contribution is -2.40. The van der Waals surface area contributed by atoms with E-state index < -0.39 is 24.3 Å². The molecule has 350 valence electrons. The van der Waals surface area contributed by atoms with E-state index in [1.165, 1.54) is 51.4 Å². The number of rotatable bonds is 43. The van der Waals surface area contributed by atoms with E-state index in [4.69, 9.17) is 18.9 Å². The fourth-order valence-corrected chi connectivity index (χ4v) is 6.21. The second kappa shape index (κ2) is 43.4. The first kappa shape index (κ1) is 57.7. The minimum Gasteiger partial charge on any atom is -0.477 e. The number of carboxylic acid groups (broad SMARTS) is 1. The number of unbranched alkanes of at least 4 members (excludes halogenated alkanes) is 16. The van der Waals surface area contributed by atoms with E-state index in [2.05, 4.69) is 86.8 Å².